The molecule has 0 amide bonds. The van der Waals surface area contributed by atoms with Crippen LogP contribution in [0.3, 0.4) is 0 Å². The average molecular weight is 401 g/mol. The van der Waals surface area contributed by atoms with Gasteiger partial charge in [-0.3, -0.25) is 5.73 Å². The van der Waals surface area contributed by atoms with Crippen molar-refractivity contribution in [3.05, 3.63) is 9.28 Å². The molecule has 5 rings (SSSR count). The average Bonchev–Trinajstić information content (AvgIpc) is 2.41. The predicted molar refractivity (Wildman–Crippen MR) is 90.3 cm³/mol. The van der Waals surface area contributed by atoms with Crippen LogP contribution in [-0.2, 0) is 4.79 Å². The molecule has 1 aliphatic heterocycles. The molecular formula is C15H20IN3O2. The van der Waals surface area contributed by atoms with Gasteiger partial charge < -0.3 is 10.4 Å². The molecule has 1 heterocycles. The molecule has 21 heavy (non-hydrogen) atoms. The van der Waals surface area contributed by atoms with Crippen LogP contribution in [0.4, 0.5) is 0 Å². The second kappa shape index (κ2) is 5.15. The van der Waals surface area contributed by atoms with E-state index in [0.717, 1.165) is 27.4 Å². The summed E-state index contributed by atoms with van der Waals surface area (Å²) in [5.41, 5.74) is 6.16. The highest BCUT2D eigenvalue weighted by Gasteiger charge is 2.48. The van der Waals surface area contributed by atoms with Gasteiger partial charge in [-0.25, -0.2) is 9.79 Å². The van der Waals surface area contributed by atoms with Gasteiger partial charge in [0.25, 0.3) is 0 Å². The van der Waals surface area contributed by atoms with E-state index in [-0.39, 0.29) is 0 Å². The fraction of sp³-hybridized carbons (Fsp3) is 0.667. The van der Waals surface area contributed by atoms with Crippen molar-refractivity contribution in [2.24, 2.45) is 34.4 Å². The number of rotatable bonds is 3. The molecule has 4 aliphatic carbocycles. The maximum absolute atomic E-state index is 11.4. The lowest BCUT2D eigenvalue weighted by molar-refractivity contribution is -0.132. The summed E-state index contributed by atoms with van der Waals surface area (Å²) in [7, 11) is 0. The van der Waals surface area contributed by atoms with Gasteiger partial charge in [0.1, 0.15) is 9.33 Å². The zero-order chi connectivity index (χ0) is 14.6. The van der Waals surface area contributed by atoms with E-state index in [4.69, 9.17) is 5.73 Å². The first-order valence-electron chi connectivity index (χ1n) is 7.65. The van der Waals surface area contributed by atoms with Crippen LogP contribution in [0, 0.1) is 23.7 Å². The highest BCUT2D eigenvalue weighted by atomic mass is 127. The van der Waals surface area contributed by atoms with Crippen molar-refractivity contribution >= 4 is 36.7 Å². The highest BCUT2D eigenvalue weighted by molar-refractivity contribution is 14.2. The van der Waals surface area contributed by atoms with E-state index < -0.39 is 26.7 Å². The van der Waals surface area contributed by atoms with Crippen molar-refractivity contribution in [2.75, 3.05) is 0 Å². The molecule has 0 atom stereocenters. The zero-order valence-electron chi connectivity index (χ0n) is 11.8. The Hall–Kier alpha value is -0.760. The van der Waals surface area contributed by atoms with Crippen molar-refractivity contribution < 1.29 is 9.90 Å². The summed E-state index contributed by atoms with van der Waals surface area (Å²) in [5, 5.41) is 13.0. The fourth-order valence-corrected chi connectivity index (χ4v) is 6.92. The first kappa shape index (κ1) is 13.9. The van der Waals surface area contributed by atoms with E-state index in [1.165, 1.54) is 38.3 Å². The Morgan fingerprint density at radius 1 is 1.24 bits per heavy atom. The van der Waals surface area contributed by atoms with Gasteiger partial charge in [0, 0.05) is 12.3 Å². The van der Waals surface area contributed by atoms with E-state index in [1.807, 2.05) is 0 Å². The van der Waals surface area contributed by atoms with Crippen LogP contribution in [0.25, 0.3) is 0 Å². The summed E-state index contributed by atoms with van der Waals surface area (Å²) < 4.78 is 1.47. The van der Waals surface area contributed by atoms with Gasteiger partial charge >= 0.3 is 5.97 Å². The van der Waals surface area contributed by atoms with Crippen LogP contribution >= 0.6 is 20.7 Å². The van der Waals surface area contributed by atoms with Gasteiger partial charge in [-0.2, -0.15) is 0 Å². The number of carboxylic acid groups (broad SMARTS) is 1. The number of halogens is 1. The van der Waals surface area contributed by atoms with E-state index >= 15 is 0 Å². The molecule has 6 heteroatoms. The van der Waals surface area contributed by atoms with Crippen LogP contribution in [0.2, 0.25) is 0 Å². The number of nitrogens with zero attached hydrogens (tertiary/aromatic N) is 1. The fourth-order valence-electron chi connectivity index (χ4n) is 4.92. The third-order valence-electron chi connectivity index (χ3n) is 5.50. The number of aliphatic carboxylic acids is 1. The van der Waals surface area contributed by atoms with Gasteiger partial charge in [-0.15, -0.1) is 0 Å². The second-order valence-electron chi connectivity index (χ2n) is 6.81. The predicted octanol–water partition coefficient (Wildman–Crippen LogP) is 1.80. The van der Waals surface area contributed by atoms with Crippen LogP contribution < -0.4 is 11.1 Å². The maximum atomic E-state index is 11.4. The Labute approximate surface area is 133 Å². The van der Waals surface area contributed by atoms with E-state index in [1.54, 1.807) is 0 Å². The number of carbonyl (C=O) groups is 1. The molecule has 0 aromatic rings. The normalized spacial score (nSPS) is 40.8. The lowest BCUT2D eigenvalue weighted by Crippen LogP contribution is -2.54. The zero-order valence-corrected chi connectivity index (χ0v) is 13.9. The van der Waals surface area contributed by atoms with Crippen molar-refractivity contribution in [3.8, 4) is 0 Å². The third-order valence-corrected chi connectivity index (χ3v) is 7.76. The summed E-state index contributed by atoms with van der Waals surface area (Å²) >= 11 is -0.651. The molecule has 4 bridgehead atoms. The molecule has 0 spiro atoms. The van der Waals surface area contributed by atoms with Crippen molar-refractivity contribution in [1.29, 1.82) is 0 Å². The largest absolute Gasteiger partial charge is 0.478 e. The second-order valence-corrected chi connectivity index (χ2v) is 9.53. The standard InChI is InChI=1S/C15H20IN3O2/c17-15-16-13(11(6-18-15)14(20)21)19-12-9-2-7-1-8(4-9)5-10(12)3-7/h6-10,12,19H,1-5H2,(H2,17,18)(H,20,21). The van der Waals surface area contributed by atoms with Gasteiger partial charge in [-0.1, -0.05) is 0 Å². The Kier molecular flexibility index (Phi) is 3.40. The molecule has 0 aromatic heterocycles. The molecule has 114 valence electrons. The topological polar surface area (TPSA) is 87.7 Å². The molecular weight excluding hydrogens is 381 g/mol. The number of hydrogen-bond acceptors (Lipinski definition) is 4. The molecule has 0 aromatic carbocycles. The summed E-state index contributed by atoms with van der Waals surface area (Å²) in [5.74, 6) is 2.42. The first-order valence-corrected chi connectivity index (χ1v) is 9.81. The molecule has 5 nitrogen and oxygen atoms in total. The molecule has 4 N–H and O–H groups in total. The SMILES string of the molecule is NC1=IC(NC2C3CC4CC(C3)CC2C4)=C(C(=O)O)C=N1. The monoisotopic (exact) mass is 401 g/mol. The molecule has 0 saturated heterocycles. The van der Waals surface area contributed by atoms with Gasteiger partial charge in [-0.05, 0) is 76.5 Å². The van der Waals surface area contributed by atoms with Crippen molar-refractivity contribution in [3.63, 3.8) is 0 Å². The minimum Gasteiger partial charge on any atom is -0.478 e. The van der Waals surface area contributed by atoms with E-state index in [9.17, 15) is 9.90 Å². The summed E-state index contributed by atoms with van der Waals surface area (Å²) in [6, 6.07) is 0.459. The van der Waals surface area contributed by atoms with Crippen molar-refractivity contribution in [2.45, 2.75) is 38.1 Å². The third kappa shape index (κ3) is 2.46. The number of aliphatic imine (C=N–C) groups is 1. The molecule has 5 aliphatic rings. The Morgan fingerprint density at radius 3 is 2.43 bits per heavy atom. The number of nitrogens with two attached hydrogens (primary N) is 1. The molecule has 4 saturated carbocycles. The molecule has 0 radical (unpaired) electrons. The van der Waals surface area contributed by atoms with Gasteiger partial charge in [0.2, 0.25) is 0 Å². The lowest BCUT2D eigenvalue weighted by atomic mass is 9.54. The lowest BCUT2D eigenvalue weighted by Gasteiger charge is -2.54. The highest BCUT2D eigenvalue weighted by Crippen LogP contribution is 2.54. The number of hydrogen-bond donors (Lipinski definition) is 3. The van der Waals surface area contributed by atoms with Crippen LogP contribution in [-0.4, -0.2) is 27.1 Å². The first-order chi connectivity index (χ1) is 10.1. The van der Waals surface area contributed by atoms with E-state index in [0.29, 0.717) is 15.4 Å². The minimum atomic E-state index is -0.891. The maximum Gasteiger partial charge on any atom is 0.339 e. The minimum absolute atomic E-state index is 0.325. The van der Waals surface area contributed by atoms with Gasteiger partial charge in [0.05, 0.1) is 3.70 Å². The molecule has 0 unspecified atom stereocenters. The summed E-state index contributed by atoms with van der Waals surface area (Å²) in [6.07, 6.45) is 8.15. The van der Waals surface area contributed by atoms with Crippen LogP contribution in [0.5, 0.6) is 0 Å². The molecule has 4 fully saturated rings. The summed E-state index contributed by atoms with van der Waals surface area (Å²) in [6.45, 7) is 0. The van der Waals surface area contributed by atoms with Crippen LogP contribution in [0.15, 0.2) is 14.3 Å². The Morgan fingerprint density at radius 2 is 1.86 bits per heavy atom. The Balaban J connectivity index is 1.60. The Bertz CT molecular complexity index is 553. The van der Waals surface area contributed by atoms with Gasteiger partial charge in [0.15, 0.2) is 0 Å². The number of nitrogens with one attached hydrogen (secondary N) is 1. The van der Waals surface area contributed by atoms with E-state index in [2.05, 4.69) is 10.3 Å². The summed E-state index contributed by atoms with van der Waals surface area (Å²) in [4.78, 5) is 15.4. The number of carboxylic acids is 1. The smallest absolute Gasteiger partial charge is 0.339 e. The quantitative estimate of drug-likeness (QED) is 0.497. The van der Waals surface area contributed by atoms with Crippen molar-refractivity contribution in [1.82, 2.24) is 5.32 Å². The van der Waals surface area contributed by atoms with Crippen LogP contribution in [0.1, 0.15) is 32.1 Å².